The first-order chi connectivity index (χ1) is 19.7. The molecule has 0 saturated carbocycles. The predicted octanol–water partition coefficient (Wildman–Crippen LogP) is 5.86. The maximum absolute atomic E-state index is 12.9. The van der Waals surface area contributed by atoms with Gasteiger partial charge in [-0.1, -0.05) is 0 Å². The van der Waals surface area contributed by atoms with Gasteiger partial charge in [0.1, 0.15) is 56.5 Å². The molecule has 0 aliphatic rings. The van der Waals surface area contributed by atoms with Gasteiger partial charge in [0.2, 0.25) is 5.75 Å². The second-order valence-corrected chi connectivity index (χ2v) is 9.09. The standard InChI is InChI=1S/C31H20O10/c1-38-18-6-2-15(3-7-18)25-13-22(35)29-27(41-25)14-23(36)31(30(29)37)39-19-8-4-16(5-9-19)24-12-21(34)28-20(33)10-17(32)11-26(28)40-24/h2-14,32-33,36-37H,1H3. The lowest BCUT2D eigenvalue weighted by Gasteiger charge is -2.12. The molecule has 10 heteroatoms. The third kappa shape index (κ3) is 4.53. The van der Waals surface area contributed by atoms with Crippen LogP contribution in [0.4, 0.5) is 0 Å². The van der Waals surface area contributed by atoms with Crippen LogP contribution in [0.1, 0.15) is 0 Å². The van der Waals surface area contributed by atoms with E-state index in [0.717, 1.165) is 6.07 Å². The second kappa shape index (κ2) is 9.69. The lowest BCUT2D eigenvalue weighted by Crippen LogP contribution is -2.02. The Morgan fingerprint density at radius 1 is 0.610 bits per heavy atom. The Morgan fingerprint density at radius 2 is 1.15 bits per heavy atom. The molecule has 2 heterocycles. The monoisotopic (exact) mass is 552 g/mol. The van der Waals surface area contributed by atoms with Crippen molar-refractivity contribution in [3.8, 4) is 62.9 Å². The van der Waals surface area contributed by atoms with Crippen LogP contribution in [0.3, 0.4) is 0 Å². The van der Waals surface area contributed by atoms with E-state index in [-0.39, 0.29) is 50.7 Å². The van der Waals surface area contributed by atoms with Gasteiger partial charge in [0, 0.05) is 41.5 Å². The average molecular weight is 552 g/mol. The van der Waals surface area contributed by atoms with E-state index in [0.29, 0.717) is 16.9 Å². The summed E-state index contributed by atoms with van der Waals surface area (Å²) in [7, 11) is 1.54. The van der Waals surface area contributed by atoms with Crippen LogP contribution >= 0.6 is 0 Å². The Bertz CT molecular complexity index is 2070. The number of rotatable bonds is 5. The number of aromatic hydroxyl groups is 4. The van der Waals surface area contributed by atoms with Crippen LogP contribution in [0.15, 0.2) is 97.3 Å². The zero-order valence-corrected chi connectivity index (χ0v) is 21.2. The smallest absolute Gasteiger partial charge is 0.211 e. The van der Waals surface area contributed by atoms with E-state index in [2.05, 4.69) is 0 Å². The maximum Gasteiger partial charge on any atom is 0.211 e. The number of fused-ring (bicyclic) bond motifs is 2. The summed E-state index contributed by atoms with van der Waals surface area (Å²) in [6.07, 6.45) is 0. The van der Waals surface area contributed by atoms with Gasteiger partial charge in [0.25, 0.3) is 0 Å². The van der Waals surface area contributed by atoms with Gasteiger partial charge in [-0.3, -0.25) is 9.59 Å². The van der Waals surface area contributed by atoms with E-state index in [4.69, 9.17) is 18.3 Å². The SMILES string of the molecule is COc1ccc(-c2cc(=O)c3c(O)c(Oc4ccc(-c5cc(=O)c6c(O)cc(O)cc6o5)cc4)c(O)cc3o2)cc1. The van der Waals surface area contributed by atoms with Crippen molar-refractivity contribution in [3.63, 3.8) is 0 Å². The van der Waals surface area contributed by atoms with E-state index < -0.39 is 28.1 Å². The predicted molar refractivity (Wildman–Crippen MR) is 149 cm³/mol. The maximum atomic E-state index is 12.9. The molecule has 4 aromatic carbocycles. The molecule has 41 heavy (non-hydrogen) atoms. The highest BCUT2D eigenvalue weighted by Gasteiger charge is 2.20. The van der Waals surface area contributed by atoms with E-state index in [1.54, 1.807) is 36.4 Å². The van der Waals surface area contributed by atoms with Crippen molar-refractivity contribution in [1.82, 2.24) is 0 Å². The molecule has 0 aliphatic carbocycles. The largest absolute Gasteiger partial charge is 0.508 e. The Morgan fingerprint density at radius 3 is 1.73 bits per heavy atom. The summed E-state index contributed by atoms with van der Waals surface area (Å²) < 4.78 is 22.4. The topological polar surface area (TPSA) is 160 Å². The molecule has 10 nitrogen and oxygen atoms in total. The van der Waals surface area contributed by atoms with Crippen LogP contribution < -0.4 is 20.3 Å². The normalized spacial score (nSPS) is 11.1. The van der Waals surface area contributed by atoms with Gasteiger partial charge in [0.05, 0.1) is 7.11 Å². The quantitative estimate of drug-likeness (QED) is 0.204. The molecule has 0 unspecified atom stereocenters. The Kier molecular flexibility index (Phi) is 6.00. The van der Waals surface area contributed by atoms with Gasteiger partial charge in [-0.05, 0) is 48.5 Å². The van der Waals surface area contributed by atoms with Crippen LogP contribution in [-0.2, 0) is 0 Å². The van der Waals surface area contributed by atoms with E-state index >= 15 is 0 Å². The minimum Gasteiger partial charge on any atom is -0.508 e. The highest BCUT2D eigenvalue weighted by Crippen LogP contribution is 2.44. The third-order valence-electron chi connectivity index (χ3n) is 6.46. The van der Waals surface area contributed by atoms with Crippen molar-refractivity contribution in [2.24, 2.45) is 0 Å². The first kappa shape index (κ1) is 25.4. The fourth-order valence-electron chi connectivity index (χ4n) is 4.47. The summed E-state index contributed by atoms with van der Waals surface area (Å²) in [5.41, 5.74) is -0.00939. The van der Waals surface area contributed by atoms with Crippen LogP contribution in [0, 0.1) is 0 Å². The molecular weight excluding hydrogens is 532 g/mol. The van der Waals surface area contributed by atoms with Crippen molar-refractivity contribution in [1.29, 1.82) is 0 Å². The molecule has 0 atom stereocenters. The van der Waals surface area contributed by atoms with Crippen molar-refractivity contribution >= 4 is 21.9 Å². The van der Waals surface area contributed by atoms with Gasteiger partial charge < -0.3 is 38.7 Å². The van der Waals surface area contributed by atoms with Gasteiger partial charge in [0.15, 0.2) is 22.4 Å². The number of hydrogen-bond donors (Lipinski definition) is 4. The van der Waals surface area contributed by atoms with Crippen molar-refractivity contribution in [2.75, 3.05) is 7.11 Å². The zero-order valence-electron chi connectivity index (χ0n) is 21.2. The molecule has 0 fully saturated rings. The minimum absolute atomic E-state index is 0.00492. The minimum atomic E-state index is -0.598. The van der Waals surface area contributed by atoms with Crippen molar-refractivity contribution in [3.05, 3.63) is 99.3 Å². The summed E-state index contributed by atoms with van der Waals surface area (Å²) >= 11 is 0. The van der Waals surface area contributed by atoms with Gasteiger partial charge >= 0.3 is 0 Å². The summed E-state index contributed by atoms with van der Waals surface area (Å²) in [6.45, 7) is 0. The highest BCUT2D eigenvalue weighted by atomic mass is 16.5. The summed E-state index contributed by atoms with van der Waals surface area (Å²) in [6, 6.07) is 18.8. The Labute approximate surface area is 230 Å². The van der Waals surface area contributed by atoms with Gasteiger partial charge in [-0.15, -0.1) is 0 Å². The summed E-state index contributed by atoms with van der Waals surface area (Å²) in [4.78, 5) is 25.5. The third-order valence-corrected chi connectivity index (χ3v) is 6.46. The molecule has 0 spiro atoms. The molecule has 6 rings (SSSR count). The number of phenolic OH excluding ortho intramolecular Hbond substituents is 4. The van der Waals surface area contributed by atoms with E-state index in [1.807, 2.05) is 0 Å². The molecule has 4 N–H and O–H groups in total. The highest BCUT2D eigenvalue weighted by molar-refractivity contribution is 5.90. The van der Waals surface area contributed by atoms with Crippen LogP contribution in [0.2, 0.25) is 0 Å². The average Bonchev–Trinajstić information content (AvgIpc) is 2.94. The molecule has 0 bridgehead atoms. The first-order valence-electron chi connectivity index (χ1n) is 12.2. The molecule has 6 aromatic rings. The molecule has 204 valence electrons. The van der Waals surface area contributed by atoms with E-state index in [1.165, 1.54) is 43.5 Å². The molecule has 2 aromatic heterocycles. The number of ether oxygens (including phenoxy) is 2. The number of hydrogen-bond acceptors (Lipinski definition) is 10. The lowest BCUT2D eigenvalue weighted by atomic mass is 10.1. The molecule has 0 saturated heterocycles. The van der Waals surface area contributed by atoms with Crippen LogP contribution in [0.25, 0.3) is 44.6 Å². The first-order valence-corrected chi connectivity index (χ1v) is 12.2. The van der Waals surface area contributed by atoms with Crippen molar-refractivity contribution < 1.29 is 38.7 Å². The van der Waals surface area contributed by atoms with E-state index in [9.17, 15) is 30.0 Å². The number of methoxy groups -OCH3 is 1. The number of phenols is 4. The second-order valence-electron chi connectivity index (χ2n) is 9.09. The molecule has 0 radical (unpaired) electrons. The van der Waals surface area contributed by atoms with Gasteiger partial charge in [-0.25, -0.2) is 0 Å². The zero-order chi connectivity index (χ0) is 28.8. The van der Waals surface area contributed by atoms with Gasteiger partial charge in [-0.2, -0.15) is 0 Å². The lowest BCUT2D eigenvalue weighted by molar-refractivity contribution is 0.378. The number of benzene rings is 4. The van der Waals surface area contributed by atoms with Crippen molar-refractivity contribution in [2.45, 2.75) is 0 Å². The summed E-state index contributed by atoms with van der Waals surface area (Å²) in [5.74, 6) is -0.850. The fourth-order valence-corrected chi connectivity index (χ4v) is 4.47. The summed E-state index contributed by atoms with van der Waals surface area (Å²) in [5, 5.41) is 41.0. The molecular formula is C31H20O10. The fraction of sp³-hybridized carbons (Fsp3) is 0.0323. The molecule has 0 amide bonds. The Balaban J connectivity index is 1.33. The Hall–Kier alpha value is -5.90. The molecule has 0 aliphatic heterocycles. The van der Waals surface area contributed by atoms with Crippen LogP contribution in [-0.4, -0.2) is 27.5 Å². The van der Waals surface area contributed by atoms with Crippen LogP contribution in [0.5, 0.6) is 40.2 Å².